The fourth-order valence-electron chi connectivity index (χ4n) is 1.72. The number of alkyl halides is 1. The summed E-state index contributed by atoms with van der Waals surface area (Å²) in [6.45, 7) is 0.195. The monoisotopic (exact) mass is 254 g/mol. The highest BCUT2D eigenvalue weighted by Gasteiger charge is 2.22. The van der Waals surface area contributed by atoms with Gasteiger partial charge in [-0.2, -0.15) is 8.42 Å². The first kappa shape index (κ1) is 12.9. The van der Waals surface area contributed by atoms with Crippen molar-refractivity contribution >= 4 is 28.0 Å². The molecule has 0 aliphatic heterocycles. The molecular formula is C9H15ClO4S. The van der Waals surface area contributed by atoms with E-state index >= 15 is 0 Å². The summed E-state index contributed by atoms with van der Waals surface area (Å²) < 4.78 is 26.6. The number of rotatable bonds is 5. The molecule has 1 saturated carbocycles. The molecule has 0 heterocycles. The molecule has 0 atom stereocenters. The highest BCUT2D eigenvalue weighted by molar-refractivity contribution is 7.87. The molecule has 0 spiro atoms. The van der Waals surface area contributed by atoms with Crippen LogP contribution in [0.25, 0.3) is 0 Å². The summed E-state index contributed by atoms with van der Waals surface area (Å²) >= 11 is 5.20. The molecular weight excluding hydrogens is 240 g/mol. The van der Waals surface area contributed by atoms with E-state index in [1.165, 1.54) is 0 Å². The van der Waals surface area contributed by atoms with E-state index in [-0.39, 0.29) is 18.4 Å². The predicted molar refractivity (Wildman–Crippen MR) is 57.1 cm³/mol. The van der Waals surface area contributed by atoms with Crippen LogP contribution in [0.1, 0.15) is 25.7 Å². The van der Waals surface area contributed by atoms with E-state index in [4.69, 9.17) is 15.8 Å². The Balaban J connectivity index is 2.27. The Morgan fingerprint density at radius 2 is 1.87 bits per heavy atom. The number of carbonyl (C=O) groups excluding carboxylic acids is 1. The van der Waals surface area contributed by atoms with Crippen LogP contribution in [0.3, 0.4) is 0 Å². The van der Waals surface area contributed by atoms with Gasteiger partial charge in [-0.15, -0.1) is 11.6 Å². The molecule has 6 heteroatoms. The van der Waals surface area contributed by atoms with Crippen LogP contribution >= 0.6 is 11.6 Å². The van der Waals surface area contributed by atoms with Crippen LogP contribution in [-0.2, 0) is 19.1 Å². The standard InChI is InChI=1S/C9H15ClO4S/c10-7-15(12,13)14-6-9-3-1-8(5-11)2-4-9/h5,8-9H,1-4,6-7H2. The van der Waals surface area contributed by atoms with Gasteiger partial charge in [0.2, 0.25) is 0 Å². The Bertz CT molecular complexity index is 293. The van der Waals surface area contributed by atoms with Crippen LogP contribution in [0.15, 0.2) is 0 Å². The number of hydrogen-bond acceptors (Lipinski definition) is 4. The van der Waals surface area contributed by atoms with E-state index in [1.807, 2.05) is 0 Å². The molecule has 88 valence electrons. The van der Waals surface area contributed by atoms with Crippen LogP contribution in [-0.4, -0.2) is 26.5 Å². The van der Waals surface area contributed by atoms with Crippen molar-refractivity contribution in [1.82, 2.24) is 0 Å². The van der Waals surface area contributed by atoms with E-state index in [0.717, 1.165) is 32.0 Å². The average Bonchev–Trinajstić information content (AvgIpc) is 2.27. The van der Waals surface area contributed by atoms with E-state index in [9.17, 15) is 13.2 Å². The third-order valence-electron chi connectivity index (χ3n) is 2.70. The fraction of sp³-hybridized carbons (Fsp3) is 0.889. The highest BCUT2D eigenvalue weighted by atomic mass is 35.5. The first-order chi connectivity index (χ1) is 7.07. The van der Waals surface area contributed by atoms with Gasteiger partial charge in [0.25, 0.3) is 10.1 Å². The molecule has 0 aromatic rings. The van der Waals surface area contributed by atoms with Crippen molar-refractivity contribution in [1.29, 1.82) is 0 Å². The van der Waals surface area contributed by atoms with Crippen LogP contribution in [0.4, 0.5) is 0 Å². The van der Waals surface area contributed by atoms with Crippen molar-refractivity contribution in [3.8, 4) is 0 Å². The lowest BCUT2D eigenvalue weighted by Gasteiger charge is -2.24. The third kappa shape index (κ3) is 4.49. The summed E-state index contributed by atoms with van der Waals surface area (Å²) in [6, 6.07) is 0. The van der Waals surface area contributed by atoms with Gasteiger partial charge in [-0.3, -0.25) is 4.18 Å². The van der Waals surface area contributed by atoms with Gasteiger partial charge in [0.15, 0.2) is 0 Å². The van der Waals surface area contributed by atoms with Gasteiger partial charge >= 0.3 is 0 Å². The molecule has 0 saturated heterocycles. The Kier molecular flexibility index (Phi) is 5.02. The molecule has 0 aromatic carbocycles. The van der Waals surface area contributed by atoms with E-state index < -0.39 is 15.3 Å². The minimum absolute atomic E-state index is 0.144. The van der Waals surface area contributed by atoms with Gasteiger partial charge < -0.3 is 4.79 Å². The SMILES string of the molecule is O=CC1CCC(COS(=O)(=O)CCl)CC1. The molecule has 0 unspecified atom stereocenters. The minimum Gasteiger partial charge on any atom is -0.303 e. The van der Waals surface area contributed by atoms with Crippen molar-refractivity contribution in [2.45, 2.75) is 25.7 Å². The molecule has 0 amide bonds. The van der Waals surface area contributed by atoms with Crippen LogP contribution in [0.5, 0.6) is 0 Å². The second-order valence-corrected chi connectivity index (χ2v) is 6.09. The largest absolute Gasteiger partial charge is 0.303 e. The van der Waals surface area contributed by atoms with Crippen molar-refractivity contribution in [3.63, 3.8) is 0 Å². The van der Waals surface area contributed by atoms with Crippen LogP contribution < -0.4 is 0 Å². The maximum atomic E-state index is 11.0. The van der Waals surface area contributed by atoms with Gasteiger partial charge in [0.05, 0.1) is 6.61 Å². The lowest BCUT2D eigenvalue weighted by molar-refractivity contribution is -0.112. The molecule has 1 aliphatic carbocycles. The lowest BCUT2D eigenvalue weighted by atomic mass is 9.83. The Hall–Kier alpha value is -0.130. The molecule has 0 N–H and O–H groups in total. The molecule has 0 bridgehead atoms. The van der Waals surface area contributed by atoms with E-state index in [2.05, 4.69) is 0 Å². The zero-order valence-corrected chi connectivity index (χ0v) is 9.97. The van der Waals surface area contributed by atoms with Crippen LogP contribution in [0, 0.1) is 11.8 Å². The topological polar surface area (TPSA) is 60.4 Å². The van der Waals surface area contributed by atoms with Gasteiger partial charge in [0, 0.05) is 5.92 Å². The molecule has 1 rings (SSSR count). The van der Waals surface area contributed by atoms with Crippen molar-refractivity contribution in [2.75, 3.05) is 11.8 Å². The first-order valence-electron chi connectivity index (χ1n) is 4.95. The number of carbonyl (C=O) groups is 1. The van der Waals surface area contributed by atoms with Gasteiger partial charge in [-0.1, -0.05) is 0 Å². The van der Waals surface area contributed by atoms with E-state index in [1.54, 1.807) is 0 Å². The average molecular weight is 255 g/mol. The molecule has 1 aliphatic rings. The molecule has 0 radical (unpaired) electrons. The normalized spacial score (nSPS) is 27.5. The van der Waals surface area contributed by atoms with E-state index in [0.29, 0.717) is 0 Å². The quantitative estimate of drug-likeness (QED) is 0.424. The first-order valence-corrected chi connectivity index (χ1v) is 7.07. The molecule has 0 aromatic heterocycles. The molecule has 1 fully saturated rings. The molecule has 4 nitrogen and oxygen atoms in total. The Labute approximate surface area is 95.1 Å². The maximum Gasteiger partial charge on any atom is 0.281 e. The van der Waals surface area contributed by atoms with Gasteiger partial charge in [0.1, 0.15) is 11.5 Å². The summed E-state index contributed by atoms with van der Waals surface area (Å²) in [5, 5.41) is -0.503. The fourth-order valence-corrected chi connectivity index (χ4v) is 2.37. The zero-order valence-electron chi connectivity index (χ0n) is 8.39. The Morgan fingerprint density at radius 3 is 2.33 bits per heavy atom. The maximum absolute atomic E-state index is 11.0. The van der Waals surface area contributed by atoms with Crippen molar-refractivity contribution < 1.29 is 17.4 Å². The molecule has 15 heavy (non-hydrogen) atoms. The number of hydrogen-bond donors (Lipinski definition) is 0. The van der Waals surface area contributed by atoms with Crippen LogP contribution in [0.2, 0.25) is 0 Å². The summed E-state index contributed by atoms with van der Waals surface area (Å²) in [7, 11) is -3.54. The highest BCUT2D eigenvalue weighted by Crippen LogP contribution is 2.27. The second-order valence-electron chi connectivity index (χ2n) is 3.87. The zero-order chi connectivity index (χ0) is 11.3. The van der Waals surface area contributed by atoms with Gasteiger partial charge in [-0.25, -0.2) is 0 Å². The summed E-state index contributed by atoms with van der Waals surface area (Å²) in [5.41, 5.74) is 0. The van der Waals surface area contributed by atoms with Crippen molar-refractivity contribution in [2.24, 2.45) is 11.8 Å². The summed E-state index contributed by atoms with van der Waals surface area (Å²) in [5.74, 6) is 0.380. The number of halogens is 1. The second kappa shape index (κ2) is 5.82. The van der Waals surface area contributed by atoms with Gasteiger partial charge in [-0.05, 0) is 31.6 Å². The lowest BCUT2D eigenvalue weighted by Crippen LogP contribution is -2.21. The summed E-state index contributed by atoms with van der Waals surface area (Å²) in [4.78, 5) is 10.5. The smallest absolute Gasteiger partial charge is 0.281 e. The van der Waals surface area contributed by atoms with Crippen molar-refractivity contribution in [3.05, 3.63) is 0 Å². The minimum atomic E-state index is -3.54. The Morgan fingerprint density at radius 1 is 1.27 bits per heavy atom. The summed E-state index contributed by atoms with van der Waals surface area (Å²) in [6.07, 6.45) is 4.34. The predicted octanol–water partition coefficient (Wildman–Crippen LogP) is 1.53. The third-order valence-corrected chi connectivity index (χ3v) is 4.27. The number of aldehydes is 1.